The maximum absolute atomic E-state index is 13.5. The van der Waals surface area contributed by atoms with Gasteiger partial charge in [0, 0.05) is 26.2 Å². The van der Waals surface area contributed by atoms with E-state index in [2.05, 4.69) is 20.4 Å². The summed E-state index contributed by atoms with van der Waals surface area (Å²) >= 11 is 6.07. The number of benzene rings is 2. The Morgan fingerprint density at radius 2 is 1.79 bits per heavy atom. The SMILES string of the molecule is O=S(=O)(c1ccccc1Cl)N1CCN(Cc2nnnn2-c2cccc(F)c2)CC1. The topological polar surface area (TPSA) is 84.2 Å². The van der Waals surface area contributed by atoms with Crippen LogP contribution < -0.4 is 0 Å². The quantitative estimate of drug-likeness (QED) is 0.608. The highest BCUT2D eigenvalue weighted by Crippen LogP contribution is 2.25. The number of rotatable bonds is 5. The lowest BCUT2D eigenvalue weighted by Crippen LogP contribution is -2.48. The first kappa shape index (κ1) is 19.9. The smallest absolute Gasteiger partial charge is 0.244 e. The molecule has 2 heterocycles. The van der Waals surface area contributed by atoms with Crippen molar-refractivity contribution in [2.45, 2.75) is 11.4 Å². The fourth-order valence-electron chi connectivity index (χ4n) is 3.23. The van der Waals surface area contributed by atoms with Gasteiger partial charge in [0.25, 0.3) is 0 Å². The second-order valence-corrected chi connectivity index (χ2v) is 8.91. The first-order valence-electron chi connectivity index (χ1n) is 8.95. The van der Waals surface area contributed by atoms with Crippen molar-refractivity contribution in [2.75, 3.05) is 26.2 Å². The average molecular weight is 437 g/mol. The molecule has 0 amide bonds. The van der Waals surface area contributed by atoms with Gasteiger partial charge in [-0.2, -0.15) is 8.99 Å². The van der Waals surface area contributed by atoms with E-state index >= 15 is 0 Å². The fourth-order valence-corrected chi connectivity index (χ4v) is 5.15. The molecular weight excluding hydrogens is 419 g/mol. The zero-order chi connectivity index (χ0) is 20.4. The van der Waals surface area contributed by atoms with Gasteiger partial charge in [-0.25, -0.2) is 12.8 Å². The lowest BCUT2D eigenvalue weighted by molar-refractivity contribution is 0.177. The Morgan fingerprint density at radius 1 is 1.03 bits per heavy atom. The van der Waals surface area contributed by atoms with Gasteiger partial charge in [0.1, 0.15) is 10.7 Å². The summed E-state index contributed by atoms with van der Waals surface area (Å²) in [6.45, 7) is 2.10. The molecule has 0 aliphatic carbocycles. The number of nitrogens with zero attached hydrogens (tertiary/aromatic N) is 6. The number of sulfonamides is 1. The Balaban J connectivity index is 1.44. The molecule has 1 saturated heterocycles. The average Bonchev–Trinajstić information content (AvgIpc) is 3.17. The van der Waals surface area contributed by atoms with E-state index < -0.39 is 10.0 Å². The monoisotopic (exact) mass is 436 g/mol. The molecule has 0 N–H and O–H groups in total. The highest BCUT2D eigenvalue weighted by Gasteiger charge is 2.30. The van der Waals surface area contributed by atoms with E-state index in [4.69, 9.17) is 11.6 Å². The lowest BCUT2D eigenvalue weighted by Gasteiger charge is -2.33. The summed E-state index contributed by atoms with van der Waals surface area (Å²) in [6.07, 6.45) is 0. The number of hydrogen-bond acceptors (Lipinski definition) is 6. The van der Waals surface area contributed by atoms with E-state index in [0.717, 1.165) is 0 Å². The molecule has 1 fully saturated rings. The van der Waals surface area contributed by atoms with Crippen molar-refractivity contribution in [3.8, 4) is 5.69 Å². The third kappa shape index (κ3) is 4.15. The first-order valence-corrected chi connectivity index (χ1v) is 10.8. The van der Waals surface area contributed by atoms with Gasteiger partial charge in [-0.1, -0.05) is 29.8 Å². The summed E-state index contributed by atoms with van der Waals surface area (Å²) < 4.78 is 42.1. The lowest BCUT2D eigenvalue weighted by atomic mass is 10.3. The second kappa shape index (κ2) is 8.15. The molecule has 0 radical (unpaired) electrons. The maximum atomic E-state index is 13.5. The van der Waals surface area contributed by atoms with Crippen LogP contribution in [-0.2, 0) is 16.6 Å². The zero-order valence-electron chi connectivity index (χ0n) is 15.3. The van der Waals surface area contributed by atoms with Crippen molar-refractivity contribution in [1.82, 2.24) is 29.4 Å². The summed E-state index contributed by atoms with van der Waals surface area (Å²) in [7, 11) is -3.65. The van der Waals surface area contributed by atoms with Crippen LogP contribution >= 0.6 is 11.6 Å². The Kier molecular flexibility index (Phi) is 5.59. The molecular formula is C18H18ClFN6O2S. The molecule has 29 heavy (non-hydrogen) atoms. The molecule has 4 rings (SSSR count). The van der Waals surface area contributed by atoms with Gasteiger partial charge >= 0.3 is 0 Å². The van der Waals surface area contributed by atoms with Gasteiger partial charge in [0.2, 0.25) is 10.0 Å². The van der Waals surface area contributed by atoms with Crippen molar-refractivity contribution in [3.63, 3.8) is 0 Å². The molecule has 0 bridgehead atoms. The van der Waals surface area contributed by atoms with Crippen molar-refractivity contribution >= 4 is 21.6 Å². The minimum atomic E-state index is -3.65. The van der Waals surface area contributed by atoms with Crippen molar-refractivity contribution in [3.05, 3.63) is 65.2 Å². The van der Waals surface area contributed by atoms with Gasteiger partial charge in [0.05, 0.1) is 17.3 Å². The molecule has 152 valence electrons. The first-order chi connectivity index (χ1) is 13.9. The highest BCUT2D eigenvalue weighted by atomic mass is 35.5. The van der Waals surface area contributed by atoms with Crippen LogP contribution in [0, 0.1) is 5.82 Å². The predicted molar refractivity (Wildman–Crippen MR) is 105 cm³/mol. The van der Waals surface area contributed by atoms with E-state index in [-0.39, 0.29) is 15.7 Å². The normalized spacial score (nSPS) is 16.2. The Morgan fingerprint density at radius 3 is 2.52 bits per heavy atom. The third-order valence-electron chi connectivity index (χ3n) is 4.74. The minimum absolute atomic E-state index is 0.116. The number of piperazine rings is 1. The number of halogens is 2. The summed E-state index contributed by atoms with van der Waals surface area (Å²) in [5.41, 5.74) is 0.532. The molecule has 1 aliphatic heterocycles. The van der Waals surface area contributed by atoms with Crippen LogP contribution in [0.2, 0.25) is 5.02 Å². The van der Waals surface area contributed by atoms with E-state index in [1.165, 1.54) is 27.2 Å². The van der Waals surface area contributed by atoms with Crippen LogP contribution in [0.4, 0.5) is 4.39 Å². The summed E-state index contributed by atoms with van der Waals surface area (Å²) in [5.74, 6) is 0.181. The Bertz CT molecular complexity index is 1110. The number of tetrazole rings is 1. The van der Waals surface area contributed by atoms with E-state index in [1.54, 1.807) is 30.3 Å². The summed E-state index contributed by atoms with van der Waals surface area (Å²) in [4.78, 5) is 2.17. The van der Waals surface area contributed by atoms with Gasteiger partial charge < -0.3 is 0 Å². The highest BCUT2D eigenvalue weighted by molar-refractivity contribution is 7.89. The van der Waals surface area contributed by atoms with Crippen LogP contribution in [0.5, 0.6) is 0 Å². The molecule has 2 aromatic carbocycles. The van der Waals surface area contributed by atoms with Crippen LogP contribution in [0.25, 0.3) is 5.69 Å². The molecule has 0 atom stereocenters. The number of aromatic nitrogens is 4. The van der Waals surface area contributed by atoms with E-state index in [0.29, 0.717) is 44.2 Å². The van der Waals surface area contributed by atoms with Crippen LogP contribution in [0.1, 0.15) is 5.82 Å². The molecule has 0 spiro atoms. The van der Waals surface area contributed by atoms with E-state index in [9.17, 15) is 12.8 Å². The standard InChI is InChI=1S/C18H18ClFN6O2S/c19-16-6-1-2-7-17(16)29(27,28)25-10-8-24(9-11-25)13-18-21-22-23-26(18)15-5-3-4-14(20)12-15/h1-7,12H,8-11,13H2. The molecule has 0 unspecified atom stereocenters. The number of hydrogen-bond donors (Lipinski definition) is 0. The van der Waals surface area contributed by atoms with Crippen LogP contribution in [-0.4, -0.2) is 64.0 Å². The molecule has 0 saturated carbocycles. The van der Waals surface area contributed by atoms with Crippen molar-refractivity contribution < 1.29 is 12.8 Å². The molecule has 3 aromatic rings. The largest absolute Gasteiger partial charge is 0.293 e. The van der Waals surface area contributed by atoms with Crippen LogP contribution in [0.3, 0.4) is 0 Å². The minimum Gasteiger partial charge on any atom is -0.293 e. The maximum Gasteiger partial charge on any atom is 0.244 e. The molecule has 1 aromatic heterocycles. The van der Waals surface area contributed by atoms with Crippen molar-refractivity contribution in [1.29, 1.82) is 0 Å². The zero-order valence-corrected chi connectivity index (χ0v) is 16.9. The molecule has 1 aliphatic rings. The van der Waals surface area contributed by atoms with Crippen LogP contribution in [0.15, 0.2) is 53.4 Å². The summed E-state index contributed by atoms with van der Waals surface area (Å²) in [5, 5.41) is 11.9. The van der Waals surface area contributed by atoms with Crippen molar-refractivity contribution in [2.24, 2.45) is 0 Å². The molecule has 8 nitrogen and oxygen atoms in total. The van der Waals surface area contributed by atoms with E-state index in [1.807, 2.05) is 0 Å². The summed E-state index contributed by atoms with van der Waals surface area (Å²) in [6, 6.07) is 12.4. The van der Waals surface area contributed by atoms with Gasteiger partial charge in [0.15, 0.2) is 5.82 Å². The Hall–Kier alpha value is -2.40. The Labute approximate surface area is 172 Å². The predicted octanol–water partition coefficient (Wildman–Crippen LogP) is 1.96. The second-order valence-electron chi connectivity index (χ2n) is 6.60. The third-order valence-corrected chi connectivity index (χ3v) is 7.14. The fraction of sp³-hybridized carbons (Fsp3) is 0.278. The van der Waals surface area contributed by atoms with Gasteiger partial charge in [-0.15, -0.1) is 5.10 Å². The van der Waals surface area contributed by atoms with Gasteiger partial charge in [-0.05, 0) is 40.8 Å². The van der Waals surface area contributed by atoms with Gasteiger partial charge in [-0.3, -0.25) is 4.90 Å². The molecule has 11 heteroatoms.